The van der Waals surface area contributed by atoms with E-state index in [1.54, 1.807) is 24.1 Å². The fourth-order valence-electron chi connectivity index (χ4n) is 3.11. The van der Waals surface area contributed by atoms with E-state index in [0.717, 1.165) is 5.56 Å². The van der Waals surface area contributed by atoms with Gasteiger partial charge in [0.2, 0.25) is 11.8 Å². The Balaban J connectivity index is 1.48. The predicted molar refractivity (Wildman–Crippen MR) is 114 cm³/mol. The van der Waals surface area contributed by atoms with Gasteiger partial charge in [-0.3, -0.25) is 9.59 Å². The highest BCUT2D eigenvalue weighted by Crippen LogP contribution is 2.32. The molecule has 1 N–H and O–H groups in total. The molecule has 0 unspecified atom stereocenters. The van der Waals surface area contributed by atoms with Gasteiger partial charge in [0.05, 0.1) is 35.1 Å². The Morgan fingerprint density at radius 2 is 2.07 bits per heavy atom. The summed E-state index contributed by atoms with van der Waals surface area (Å²) in [6.07, 6.45) is 1.47. The number of nitrogens with zero attached hydrogens (tertiary/aromatic N) is 3. The summed E-state index contributed by atoms with van der Waals surface area (Å²) >= 11 is 13.3. The summed E-state index contributed by atoms with van der Waals surface area (Å²) < 4.78 is 5.51. The Hall–Kier alpha value is -2.55. The zero-order valence-electron chi connectivity index (χ0n) is 15.5. The second-order valence-corrected chi connectivity index (χ2v) is 8.35. The number of aromatic nitrogens is 1. The van der Waals surface area contributed by atoms with E-state index < -0.39 is 0 Å². The van der Waals surface area contributed by atoms with Crippen molar-refractivity contribution < 1.29 is 14.0 Å². The van der Waals surface area contributed by atoms with Crippen LogP contribution in [0, 0.1) is 0 Å². The maximum Gasteiger partial charge on any atom is 0.260 e. The molecule has 0 aliphatic carbocycles. The van der Waals surface area contributed by atoms with E-state index in [1.165, 1.54) is 17.6 Å². The number of furan rings is 1. The molecule has 3 aromatic rings. The molecule has 3 heterocycles. The van der Waals surface area contributed by atoms with Gasteiger partial charge >= 0.3 is 0 Å². The molecule has 150 valence electrons. The molecule has 0 atom stereocenters. The minimum absolute atomic E-state index is 0.00788. The van der Waals surface area contributed by atoms with E-state index in [-0.39, 0.29) is 18.2 Å². The van der Waals surface area contributed by atoms with Crippen molar-refractivity contribution in [2.75, 3.05) is 31.0 Å². The molecule has 4 rings (SSSR count). The zero-order valence-corrected chi connectivity index (χ0v) is 17.9. The van der Waals surface area contributed by atoms with Crippen LogP contribution >= 0.6 is 34.5 Å². The van der Waals surface area contributed by atoms with E-state index in [1.807, 2.05) is 23.4 Å². The molecule has 10 heteroatoms. The number of carbonyl (C=O) groups is 2. The number of anilines is 2. The van der Waals surface area contributed by atoms with Gasteiger partial charge in [0.15, 0.2) is 5.13 Å². The zero-order chi connectivity index (χ0) is 20.7. The number of halogens is 2. The summed E-state index contributed by atoms with van der Waals surface area (Å²) in [7, 11) is 3.54. The molecule has 0 fully saturated rings. The van der Waals surface area contributed by atoms with Crippen molar-refractivity contribution in [1.82, 2.24) is 9.88 Å². The largest absolute Gasteiger partial charge is 0.448 e. The minimum atomic E-state index is -0.285. The third kappa shape index (κ3) is 3.83. The molecule has 0 saturated carbocycles. The fraction of sp³-hybridized carbons (Fsp3) is 0.211. The summed E-state index contributed by atoms with van der Waals surface area (Å²) in [4.78, 5) is 32.8. The van der Waals surface area contributed by atoms with E-state index in [4.69, 9.17) is 27.6 Å². The van der Waals surface area contributed by atoms with Crippen LogP contribution in [0.15, 0.2) is 34.3 Å². The third-order valence-electron chi connectivity index (χ3n) is 4.50. The molecule has 1 aliphatic heterocycles. The Morgan fingerprint density at radius 1 is 1.28 bits per heavy atom. The van der Waals surface area contributed by atoms with E-state index >= 15 is 0 Å². The fourth-order valence-corrected chi connectivity index (χ4v) is 4.15. The van der Waals surface area contributed by atoms with Crippen LogP contribution in [-0.4, -0.2) is 42.5 Å². The molecular formula is C19H16Cl2N4O3S. The summed E-state index contributed by atoms with van der Waals surface area (Å²) in [5.74, 6) is 0.0326. The monoisotopic (exact) mass is 450 g/mol. The van der Waals surface area contributed by atoms with Crippen LogP contribution in [0.5, 0.6) is 0 Å². The average molecular weight is 451 g/mol. The van der Waals surface area contributed by atoms with Crippen LogP contribution in [0.3, 0.4) is 0 Å². The molecular weight excluding hydrogens is 435 g/mol. The standard InChI is InChI=1S/C19H16Cl2N4O3S/c1-24-9-25(2)18-16(17(24)27)11(7-28-18)6-15(26)23-19-22-14(8-29-19)10-3-4-12(20)13(21)5-10/h3-5,7-8H,6,9H2,1-2H3,(H,22,23,26). The molecule has 0 saturated heterocycles. The molecule has 1 aromatic carbocycles. The summed E-state index contributed by atoms with van der Waals surface area (Å²) in [5, 5.41) is 5.95. The first-order valence-corrected chi connectivity index (χ1v) is 10.2. The van der Waals surface area contributed by atoms with Crippen molar-refractivity contribution in [2.45, 2.75) is 6.42 Å². The normalized spacial score (nSPS) is 13.6. The third-order valence-corrected chi connectivity index (χ3v) is 5.99. The van der Waals surface area contributed by atoms with Crippen LogP contribution in [0.2, 0.25) is 10.0 Å². The van der Waals surface area contributed by atoms with Crippen LogP contribution in [0.1, 0.15) is 15.9 Å². The van der Waals surface area contributed by atoms with Crippen molar-refractivity contribution in [1.29, 1.82) is 0 Å². The number of nitrogens with one attached hydrogen (secondary N) is 1. The summed E-state index contributed by atoms with van der Waals surface area (Å²) in [6, 6.07) is 5.23. The Labute approximate surface area is 180 Å². The lowest BCUT2D eigenvalue weighted by Gasteiger charge is -2.30. The number of benzene rings is 1. The van der Waals surface area contributed by atoms with Gasteiger partial charge in [-0.05, 0) is 12.1 Å². The van der Waals surface area contributed by atoms with Crippen molar-refractivity contribution in [2.24, 2.45) is 0 Å². The van der Waals surface area contributed by atoms with E-state index in [0.29, 0.717) is 44.6 Å². The molecule has 2 aromatic heterocycles. The maximum absolute atomic E-state index is 12.5. The lowest BCUT2D eigenvalue weighted by atomic mass is 10.1. The van der Waals surface area contributed by atoms with Gasteiger partial charge in [0.25, 0.3) is 5.91 Å². The van der Waals surface area contributed by atoms with Crippen LogP contribution in [0.4, 0.5) is 11.0 Å². The number of carbonyl (C=O) groups excluding carboxylic acids is 2. The van der Waals surface area contributed by atoms with Crippen LogP contribution in [-0.2, 0) is 11.2 Å². The first-order valence-electron chi connectivity index (χ1n) is 8.61. The van der Waals surface area contributed by atoms with Crippen molar-refractivity contribution >= 4 is 57.4 Å². The second-order valence-electron chi connectivity index (χ2n) is 6.68. The average Bonchev–Trinajstić information content (AvgIpc) is 3.30. The van der Waals surface area contributed by atoms with Crippen molar-refractivity contribution in [3.63, 3.8) is 0 Å². The number of fused-ring (bicyclic) bond motifs is 1. The van der Waals surface area contributed by atoms with Gasteiger partial charge in [-0.25, -0.2) is 4.98 Å². The molecule has 0 bridgehead atoms. The van der Waals surface area contributed by atoms with Crippen molar-refractivity contribution in [3.05, 3.63) is 51.0 Å². The second kappa shape index (κ2) is 7.70. The molecule has 2 amide bonds. The Morgan fingerprint density at radius 3 is 2.83 bits per heavy atom. The van der Waals surface area contributed by atoms with Crippen LogP contribution in [0.25, 0.3) is 11.3 Å². The smallest absolute Gasteiger partial charge is 0.260 e. The first-order chi connectivity index (χ1) is 13.8. The number of amides is 2. The van der Waals surface area contributed by atoms with Gasteiger partial charge in [-0.1, -0.05) is 29.3 Å². The molecule has 29 heavy (non-hydrogen) atoms. The number of rotatable bonds is 4. The lowest BCUT2D eigenvalue weighted by molar-refractivity contribution is -0.115. The maximum atomic E-state index is 12.5. The summed E-state index contributed by atoms with van der Waals surface area (Å²) in [5.41, 5.74) is 2.45. The number of hydrogen-bond acceptors (Lipinski definition) is 6. The van der Waals surface area contributed by atoms with Gasteiger partial charge in [0.1, 0.15) is 5.56 Å². The number of hydrogen-bond donors (Lipinski definition) is 1. The Kier molecular flexibility index (Phi) is 5.24. The van der Waals surface area contributed by atoms with Gasteiger partial charge in [-0.2, -0.15) is 0 Å². The Bertz CT molecular complexity index is 1110. The molecule has 0 radical (unpaired) electrons. The molecule has 7 nitrogen and oxygen atoms in total. The minimum Gasteiger partial charge on any atom is -0.448 e. The highest BCUT2D eigenvalue weighted by molar-refractivity contribution is 7.14. The van der Waals surface area contributed by atoms with E-state index in [9.17, 15) is 9.59 Å². The molecule has 1 aliphatic rings. The highest BCUT2D eigenvalue weighted by atomic mass is 35.5. The first kappa shape index (κ1) is 19.8. The SMILES string of the molecule is CN1CN(C)c2occ(CC(=O)Nc3nc(-c4ccc(Cl)c(Cl)c4)cs3)c2C1=O. The van der Waals surface area contributed by atoms with Crippen molar-refractivity contribution in [3.8, 4) is 11.3 Å². The predicted octanol–water partition coefficient (Wildman–Crippen LogP) is 4.37. The molecule has 0 spiro atoms. The lowest BCUT2D eigenvalue weighted by Crippen LogP contribution is -2.42. The van der Waals surface area contributed by atoms with E-state index in [2.05, 4.69) is 10.3 Å². The number of thiazole rings is 1. The van der Waals surface area contributed by atoms with Gasteiger partial charge < -0.3 is 19.5 Å². The quantitative estimate of drug-likeness (QED) is 0.638. The van der Waals surface area contributed by atoms with Gasteiger partial charge in [-0.15, -0.1) is 11.3 Å². The topological polar surface area (TPSA) is 78.7 Å². The summed E-state index contributed by atoms with van der Waals surface area (Å²) in [6.45, 7) is 0.432. The highest BCUT2D eigenvalue weighted by Gasteiger charge is 2.31. The van der Waals surface area contributed by atoms with Gasteiger partial charge in [0, 0.05) is 30.6 Å². The van der Waals surface area contributed by atoms with Crippen LogP contribution < -0.4 is 10.2 Å².